The number of hydrogen-bond donors (Lipinski definition) is 2. The number of benzene rings is 1. The van der Waals surface area contributed by atoms with Crippen molar-refractivity contribution in [3.8, 4) is 0 Å². The molecule has 0 aliphatic carbocycles. The molecule has 0 spiro atoms. The van der Waals surface area contributed by atoms with Gasteiger partial charge >= 0.3 is 0 Å². The van der Waals surface area contributed by atoms with Gasteiger partial charge in [-0.25, -0.2) is 0 Å². The second-order valence-electron chi connectivity index (χ2n) is 1.89. The molecule has 0 radical (unpaired) electrons. The van der Waals surface area contributed by atoms with Crippen LogP contribution in [0.15, 0.2) is 35.2 Å². The third kappa shape index (κ3) is 4.19. The fourth-order valence-corrected chi connectivity index (χ4v) is 3.98. The molecule has 0 heterocycles. The lowest BCUT2D eigenvalue weighted by Crippen LogP contribution is -1.66. The van der Waals surface area contributed by atoms with E-state index in [0.29, 0.717) is 0 Å². The van der Waals surface area contributed by atoms with Crippen LogP contribution in [-0.2, 0) is 11.8 Å². The molecule has 60 valence electrons. The van der Waals surface area contributed by atoms with Crippen molar-refractivity contribution in [1.82, 2.24) is 0 Å². The van der Waals surface area contributed by atoms with Gasteiger partial charge in [-0.2, -0.15) is 0 Å². The molecule has 0 bridgehead atoms. The monoisotopic (exact) mass is 222 g/mol. The molecule has 1 rings (SSSR count). The standard InChI is InChI=1S/C6H7OPS3/c7-8(9,10)11-6-4-2-1-3-5-6/h1-5H,(H2,7,9,10). The Kier molecular flexibility index (Phi) is 3.47. The van der Waals surface area contributed by atoms with Gasteiger partial charge in [-0.15, -0.1) is 12.2 Å². The van der Waals surface area contributed by atoms with Crippen molar-refractivity contribution in [2.24, 2.45) is 0 Å². The molecule has 5 heteroatoms. The maximum atomic E-state index is 9.22. The van der Waals surface area contributed by atoms with Crippen LogP contribution in [0.5, 0.6) is 0 Å². The molecular weight excluding hydrogens is 215 g/mol. The van der Waals surface area contributed by atoms with E-state index in [9.17, 15) is 4.89 Å². The third-order valence-corrected chi connectivity index (χ3v) is 4.44. The molecule has 1 nitrogen and oxygen atoms in total. The van der Waals surface area contributed by atoms with Crippen LogP contribution in [0.25, 0.3) is 0 Å². The molecule has 0 fully saturated rings. The molecule has 0 amide bonds. The minimum atomic E-state index is -2.44. The Labute approximate surface area is 80.2 Å². The summed E-state index contributed by atoms with van der Waals surface area (Å²) in [6.45, 7) is 0. The van der Waals surface area contributed by atoms with Crippen LogP contribution in [0.1, 0.15) is 0 Å². The highest BCUT2D eigenvalue weighted by Gasteiger charge is 2.06. The van der Waals surface area contributed by atoms with E-state index in [2.05, 4.69) is 12.2 Å². The lowest BCUT2D eigenvalue weighted by molar-refractivity contribution is 0.654. The minimum Gasteiger partial charge on any atom is -0.350 e. The molecule has 1 unspecified atom stereocenters. The molecule has 0 aliphatic rings. The fraction of sp³-hybridized carbons (Fsp3) is 0. The summed E-state index contributed by atoms with van der Waals surface area (Å²) < 4.78 is -2.44. The summed E-state index contributed by atoms with van der Waals surface area (Å²) in [7, 11) is 0. The third-order valence-electron chi connectivity index (χ3n) is 0.968. The Balaban J connectivity index is 2.74. The van der Waals surface area contributed by atoms with E-state index in [1.54, 1.807) is 0 Å². The van der Waals surface area contributed by atoms with Crippen LogP contribution < -0.4 is 0 Å². The Morgan fingerprint density at radius 1 is 1.36 bits per heavy atom. The molecular formula is C6H7OPS3. The molecule has 1 aromatic rings. The quantitative estimate of drug-likeness (QED) is 0.593. The van der Waals surface area contributed by atoms with Crippen LogP contribution in [0, 0.1) is 0 Å². The minimum absolute atomic E-state index is 0.966. The second kappa shape index (κ2) is 3.97. The van der Waals surface area contributed by atoms with Gasteiger partial charge in [0.15, 0.2) is 4.67 Å². The van der Waals surface area contributed by atoms with Gasteiger partial charge in [0, 0.05) is 4.90 Å². The zero-order valence-electron chi connectivity index (χ0n) is 5.54. The van der Waals surface area contributed by atoms with Crippen molar-refractivity contribution < 1.29 is 4.89 Å². The van der Waals surface area contributed by atoms with Gasteiger partial charge in [-0.3, -0.25) is 0 Å². The molecule has 1 N–H and O–H groups in total. The molecule has 0 saturated carbocycles. The number of thiol groups is 1. The smallest absolute Gasteiger partial charge is 0.173 e. The highest BCUT2D eigenvalue weighted by Crippen LogP contribution is 2.62. The fourth-order valence-electron chi connectivity index (χ4n) is 0.619. The van der Waals surface area contributed by atoms with Crippen molar-refractivity contribution in [2.75, 3.05) is 0 Å². The summed E-state index contributed by atoms with van der Waals surface area (Å²) in [5, 5.41) is 0. The lowest BCUT2D eigenvalue weighted by atomic mass is 10.4. The van der Waals surface area contributed by atoms with E-state index in [1.807, 2.05) is 30.3 Å². The largest absolute Gasteiger partial charge is 0.350 e. The summed E-state index contributed by atoms with van der Waals surface area (Å²) in [5.74, 6) is 0. The van der Waals surface area contributed by atoms with Gasteiger partial charge in [-0.05, 0) is 23.9 Å². The highest BCUT2D eigenvalue weighted by atomic mass is 33.2. The molecule has 0 aromatic heterocycles. The first-order valence-electron chi connectivity index (χ1n) is 2.88. The summed E-state index contributed by atoms with van der Waals surface area (Å²) in [4.78, 5) is 10.2. The van der Waals surface area contributed by atoms with E-state index in [4.69, 9.17) is 11.8 Å². The Morgan fingerprint density at radius 3 is 2.36 bits per heavy atom. The second-order valence-corrected chi connectivity index (χ2v) is 11.3. The summed E-state index contributed by atoms with van der Waals surface area (Å²) in [5.41, 5.74) is 0. The Hall–Kier alpha value is 0.530. The van der Waals surface area contributed by atoms with Gasteiger partial charge in [0.05, 0.1) is 0 Å². The van der Waals surface area contributed by atoms with Crippen LogP contribution >= 0.6 is 28.3 Å². The predicted molar refractivity (Wildman–Crippen MR) is 57.8 cm³/mol. The lowest BCUT2D eigenvalue weighted by Gasteiger charge is -2.05. The first-order valence-corrected chi connectivity index (χ1v) is 8.21. The van der Waals surface area contributed by atoms with Crippen molar-refractivity contribution in [1.29, 1.82) is 0 Å². The van der Waals surface area contributed by atoms with Crippen molar-refractivity contribution >= 4 is 40.1 Å². The maximum absolute atomic E-state index is 9.22. The molecule has 1 aromatic carbocycles. The highest BCUT2D eigenvalue weighted by molar-refractivity contribution is 8.94. The van der Waals surface area contributed by atoms with Crippen molar-refractivity contribution in [3.63, 3.8) is 0 Å². The van der Waals surface area contributed by atoms with Crippen LogP contribution in [0.2, 0.25) is 0 Å². The molecule has 0 saturated heterocycles. The van der Waals surface area contributed by atoms with Crippen LogP contribution in [0.4, 0.5) is 0 Å². The summed E-state index contributed by atoms with van der Waals surface area (Å²) in [6.07, 6.45) is 0. The Morgan fingerprint density at radius 2 is 1.91 bits per heavy atom. The first-order chi connectivity index (χ1) is 5.08. The SMILES string of the molecule is OP(=S)(S)Sc1ccccc1. The van der Waals surface area contributed by atoms with E-state index >= 15 is 0 Å². The van der Waals surface area contributed by atoms with Crippen molar-refractivity contribution in [3.05, 3.63) is 30.3 Å². The topological polar surface area (TPSA) is 20.2 Å². The summed E-state index contributed by atoms with van der Waals surface area (Å²) in [6, 6.07) is 9.53. The average Bonchev–Trinajstić information content (AvgIpc) is 1.85. The first kappa shape index (κ1) is 9.62. The van der Waals surface area contributed by atoms with Gasteiger partial charge in [0.25, 0.3) is 0 Å². The van der Waals surface area contributed by atoms with Crippen molar-refractivity contribution in [2.45, 2.75) is 4.90 Å². The van der Waals surface area contributed by atoms with Crippen LogP contribution in [0.3, 0.4) is 0 Å². The zero-order valence-corrected chi connectivity index (χ0v) is 8.97. The van der Waals surface area contributed by atoms with Crippen LogP contribution in [-0.4, -0.2) is 4.89 Å². The van der Waals surface area contributed by atoms with Gasteiger partial charge in [-0.1, -0.05) is 29.6 Å². The Bertz CT molecular complexity index is 268. The van der Waals surface area contributed by atoms with Gasteiger partial charge in [0.1, 0.15) is 0 Å². The number of hydrogen-bond acceptors (Lipinski definition) is 2. The zero-order chi connectivity index (χ0) is 8.32. The maximum Gasteiger partial charge on any atom is 0.173 e. The van der Waals surface area contributed by atoms with Gasteiger partial charge < -0.3 is 4.89 Å². The molecule has 1 atom stereocenters. The number of rotatable bonds is 2. The predicted octanol–water partition coefficient (Wildman–Crippen LogP) is 2.93. The molecule has 0 aliphatic heterocycles. The average molecular weight is 222 g/mol. The van der Waals surface area contributed by atoms with E-state index in [-0.39, 0.29) is 0 Å². The van der Waals surface area contributed by atoms with E-state index in [0.717, 1.165) is 4.90 Å². The van der Waals surface area contributed by atoms with Gasteiger partial charge in [0.2, 0.25) is 0 Å². The summed E-state index contributed by atoms with van der Waals surface area (Å²) >= 11 is 9.92. The normalized spacial score (nSPS) is 15.8. The molecule has 11 heavy (non-hydrogen) atoms. The van der Waals surface area contributed by atoms with E-state index in [1.165, 1.54) is 11.4 Å². The van der Waals surface area contributed by atoms with E-state index < -0.39 is 4.67 Å².